The molecule has 0 aromatic rings. The zero-order valence-corrected chi connectivity index (χ0v) is 12.3. The van der Waals surface area contributed by atoms with Crippen molar-refractivity contribution < 1.29 is 0 Å². The normalized spacial score (nSPS) is 31.0. The van der Waals surface area contributed by atoms with Crippen molar-refractivity contribution in [2.75, 3.05) is 0 Å². The van der Waals surface area contributed by atoms with Gasteiger partial charge in [0.15, 0.2) is 0 Å². The minimum Gasteiger partial charge on any atom is -0.100 e. The Kier molecular flexibility index (Phi) is 3.71. The van der Waals surface area contributed by atoms with Crippen molar-refractivity contribution in [3.63, 3.8) is 0 Å². The van der Waals surface area contributed by atoms with E-state index in [9.17, 15) is 0 Å². The van der Waals surface area contributed by atoms with E-state index < -0.39 is 4.33 Å². The number of hydrogen-bond donors (Lipinski definition) is 0. The molecule has 0 aromatic heterocycles. The molecule has 0 aromatic carbocycles. The summed E-state index contributed by atoms with van der Waals surface area (Å²) in [4.78, 5) is 0. The van der Waals surface area contributed by atoms with Gasteiger partial charge in [0.2, 0.25) is 0 Å². The summed E-state index contributed by atoms with van der Waals surface area (Å²) in [5.74, 6) is 0.0951. The van der Waals surface area contributed by atoms with Gasteiger partial charge < -0.3 is 0 Å². The molecule has 0 radical (unpaired) electrons. The van der Waals surface area contributed by atoms with E-state index in [2.05, 4.69) is 6.58 Å². The molecule has 1 fully saturated rings. The van der Waals surface area contributed by atoms with Crippen molar-refractivity contribution in [1.29, 1.82) is 0 Å². The van der Waals surface area contributed by atoms with Crippen LogP contribution in [0.1, 0.15) is 13.3 Å². The van der Waals surface area contributed by atoms with Gasteiger partial charge in [-0.05, 0) is 24.6 Å². The molecule has 92 valence electrons. The highest BCUT2D eigenvalue weighted by Crippen LogP contribution is 2.65. The van der Waals surface area contributed by atoms with Gasteiger partial charge in [-0.1, -0.05) is 41.4 Å². The lowest BCUT2D eigenvalue weighted by Crippen LogP contribution is -1.93. The Bertz CT molecular complexity index is 454. The average Bonchev–Trinajstić information content (AvgIpc) is 2.80. The summed E-state index contributed by atoms with van der Waals surface area (Å²) in [6, 6.07) is 0. The van der Waals surface area contributed by atoms with E-state index in [-0.39, 0.29) is 11.8 Å². The molecule has 2 aliphatic rings. The van der Waals surface area contributed by atoms with Gasteiger partial charge in [-0.2, -0.15) is 0 Å². The molecule has 2 rings (SSSR count). The third-order valence-electron chi connectivity index (χ3n) is 3.06. The van der Waals surface area contributed by atoms with Gasteiger partial charge in [-0.3, -0.25) is 0 Å². The lowest BCUT2D eigenvalue weighted by molar-refractivity contribution is 0.900. The number of allylic oxidation sites excluding steroid dienone is 7. The summed E-state index contributed by atoms with van der Waals surface area (Å²) >= 11 is 24.7. The fourth-order valence-electron chi connectivity index (χ4n) is 2.23. The highest BCUT2D eigenvalue weighted by atomic mass is 35.5. The quantitative estimate of drug-likeness (QED) is 0.463. The van der Waals surface area contributed by atoms with Gasteiger partial charge in [0, 0.05) is 28.3 Å². The van der Waals surface area contributed by atoms with Crippen molar-refractivity contribution in [1.82, 2.24) is 0 Å². The zero-order valence-electron chi connectivity index (χ0n) is 9.31. The Morgan fingerprint density at radius 3 is 2.53 bits per heavy atom. The van der Waals surface area contributed by atoms with Gasteiger partial charge in [-0.25, -0.2) is 0 Å². The number of alkyl halides is 2. The zero-order chi connectivity index (χ0) is 12.8. The van der Waals surface area contributed by atoms with Crippen LogP contribution in [-0.2, 0) is 0 Å². The van der Waals surface area contributed by atoms with Crippen LogP contribution in [0.25, 0.3) is 0 Å². The number of hydrogen-bond acceptors (Lipinski definition) is 0. The molecule has 0 spiro atoms. The van der Waals surface area contributed by atoms with Crippen LogP contribution in [0.15, 0.2) is 46.0 Å². The van der Waals surface area contributed by atoms with Crippen LogP contribution in [-0.4, -0.2) is 4.33 Å². The molecular weight excluding hydrogens is 298 g/mol. The molecule has 4 heteroatoms. The molecule has 0 N–H and O–H groups in total. The highest BCUT2D eigenvalue weighted by molar-refractivity contribution is 6.52. The summed E-state index contributed by atoms with van der Waals surface area (Å²) in [5.41, 5.74) is 1.96. The van der Waals surface area contributed by atoms with Crippen molar-refractivity contribution in [2.45, 2.75) is 17.7 Å². The van der Waals surface area contributed by atoms with Crippen LogP contribution in [0.4, 0.5) is 0 Å². The van der Waals surface area contributed by atoms with Crippen LogP contribution in [0.2, 0.25) is 0 Å². The Morgan fingerprint density at radius 2 is 2.00 bits per heavy atom. The predicted molar refractivity (Wildman–Crippen MR) is 76.8 cm³/mol. The van der Waals surface area contributed by atoms with Crippen molar-refractivity contribution in [2.24, 2.45) is 11.8 Å². The molecule has 17 heavy (non-hydrogen) atoms. The first kappa shape index (κ1) is 13.5. The van der Waals surface area contributed by atoms with E-state index in [1.54, 1.807) is 0 Å². The van der Waals surface area contributed by atoms with Gasteiger partial charge >= 0.3 is 0 Å². The molecule has 0 heterocycles. The SMILES string of the molecule is C=C(C)C1C(C2=CC(Cl)=CCC(Cl)=C2)C1(Cl)Cl. The van der Waals surface area contributed by atoms with E-state index in [0.29, 0.717) is 11.5 Å². The van der Waals surface area contributed by atoms with Crippen LogP contribution >= 0.6 is 46.4 Å². The van der Waals surface area contributed by atoms with Crippen molar-refractivity contribution in [3.8, 4) is 0 Å². The molecule has 2 aliphatic carbocycles. The van der Waals surface area contributed by atoms with E-state index in [4.69, 9.17) is 46.4 Å². The first-order valence-electron chi connectivity index (χ1n) is 5.30. The lowest BCUT2D eigenvalue weighted by atomic mass is 10.1. The fraction of sp³-hybridized carbons (Fsp3) is 0.385. The maximum atomic E-state index is 6.28. The number of halogens is 4. The molecule has 2 atom stereocenters. The summed E-state index contributed by atoms with van der Waals surface area (Å²) in [6.07, 6.45) is 6.29. The van der Waals surface area contributed by atoms with E-state index in [1.807, 2.05) is 25.2 Å². The second-order valence-corrected chi connectivity index (χ2v) is 6.87. The molecule has 0 amide bonds. The third-order valence-corrected chi connectivity index (χ3v) is 4.53. The molecule has 0 bridgehead atoms. The number of rotatable bonds is 2. The van der Waals surface area contributed by atoms with E-state index in [1.165, 1.54) is 0 Å². The summed E-state index contributed by atoms with van der Waals surface area (Å²) in [5, 5.41) is 1.41. The summed E-state index contributed by atoms with van der Waals surface area (Å²) < 4.78 is -0.785. The molecule has 2 unspecified atom stereocenters. The van der Waals surface area contributed by atoms with Gasteiger partial charge in [-0.15, -0.1) is 23.2 Å². The van der Waals surface area contributed by atoms with Crippen LogP contribution in [0.3, 0.4) is 0 Å². The van der Waals surface area contributed by atoms with Gasteiger partial charge in [0.05, 0.1) is 0 Å². The minimum absolute atomic E-state index is 0.0253. The molecular formula is C13H12Cl4. The summed E-state index contributed by atoms with van der Waals surface area (Å²) in [6.45, 7) is 5.86. The van der Waals surface area contributed by atoms with Crippen LogP contribution in [0, 0.1) is 11.8 Å². The van der Waals surface area contributed by atoms with Crippen molar-refractivity contribution >= 4 is 46.4 Å². The molecule has 0 aliphatic heterocycles. The van der Waals surface area contributed by atoms with Gasteiger partial charge in [0.25, 0.3) is 0 Å². The molecule has 0 saturated heterocycles. The third kappa shape index (κ3) is 2.61. The van der Waals surface area contributed by atoms with Crippen LogP contribution < -0.4 is 0 Å². The van der Waals surface area contributed by atoms with Crippen molar-refractivity contribution in [3.05, 3.63) is 46.0 Å². The van der Waals surface area contributed by atoms with E-state index in [0.717, 1.165) is 16.2 Å². The predicted octanol–water partition coefficient (Wildman–Crippen LogP) is 5.56. The van der Waals surface area contributed by atoms with E-state index >= 15 is 0 Å². The first-order chi connectivity index (χ1) is 7.84. The topological polar surface area (TPSA) is 0 Å². The Balaban J connectivity index is 2.33. The smallest absolute Gasteiger partial charge is 0.100 e. The van der Waals surface area contributed by atoms with Gasteiger partial charge in [0.1, 0.15) is 4.33 Å². The summed E-state index contributed by atoms with van der Waals surface area (Å²) in [7, 11) is 0. The maximum Gasteiger partial charge on any atom is 0.132 e. The average molecular weight is 310 g/mol. The second kappa shape index (κ2) is 4.66. The monoisotopic (exact) mass is 308 g/mol. The lowest BCUT2D eigenvalue weighted by Gasteiger charge is -2.01. The Hall–Kier alpha value is 0.120. The minimum atomic E-state index is -0.785. The Labute approximate surface area is 122 Å². The second-order valence-electron chi connectivity index (χ2n) is 4.50. The fourth-order valence-corrected chi connectivity index (χ4v) is 3.64. The highest BCUT2D eigenvalue weighted by Gasteiger charge is 2.64. The largest absolute Gasteiger partial charge is 0.132 e. The molecule has 1 saturated carbocycles. The molecule has 0 nitrogen and oxygen atoms in total. The standard InChI is InChI=1S/C13H12Cl4/c1-7(2)11-12(13(11,16)17)8-5-9(14)3-4-10(15)6-8/h3,5-6,11-12H,1,4H2,2H3. The Morgan fingerprint density at radius 1 is 1.35 bits per heavy atom. The van der Waals surface area contributed by atoms with Crippen LogP contribution in [0.5, 0.6) is 0 Å². The first-order valence-corrected chi connectivity index (χ1v) is 6.81. The maximum absolute atomic E-state index is 6.28.